The van der Waals surface area contributed by atoms with Crippen molar-refractivity contribution in [2.24, 2.45) is 0 Å². The van der Waals surface area contributed by atoms with Gasteiger partial charge in [-0.1, -0.05) is 6.07 Å². The minimum atomic E-state index is -3.56. The third kappa shape index (κ3) is 3.18. The van der Waals surface area contributed by atoms with Gasteiger partial charge in [-0.3, -0.25) is 0 Å². The van der Waals surface area contributed by atoms with Gasteiger partial charge >= 0.3 is 0 Å². The molecule has 0 bridgehead atoms. The van der Waals surface area contributed by atoms with Gasteiger partial charge in [0, 0.05) is 12.6 Å². The molecule has 0 amide bonds. The number of hydrogen-bond acceptors (Lipinski definition) is 4. The molecule has 4 rings (SSSR count). The standard InChI is InChI=1S/C22H27NO4S/c1-15-20-14-22(27-3)21(26-2)13-18(20)10-11-23(15)28(24,25)19-9-8-16-6-4-5-7-17(16)12-19/h8-9,12-15H,4-7,10-11H2,1-3H3/t15-/m0/s1. The molecule has 1 heterocycles. The van der Waals surface area contributed by atoms with Crippen molar-refractivity contribution in [2.45, 2.75) is 50.0 Å². The van der Waals surface area contributed by atoms with E-state index >= 15 is 0 Å². The fourth-order valence-corrected chi connectivity index (χ4v) is 6.12. The van der Waals surface area contributed by atoms with E-state index in [4.69, 9.17) is 9.47 Å². The van der Waals surface area contributed by atoms with E-state index in [1.807, 2.05) is 31.2 Å². The molecule has 2 aliphatic rings. The van der Waals surface area contributed by atoms with E-state index < -0.39 is 10.0 Å². The molecule has 0 fully saturated rings. The van der Waals surface area contributed by atoms with Crippen molar-refractivity contribution < 1.29 is 17.9 Å². The molecular weight excluding hydrogens is 374 g/mol. The van der Waals surface area contributed by atoms with Crippen LogP contribution >= 0.6 is 0 Å². The first-order chi connectivity index (χ1) is 13.5. The summed E-state index contributed by atoms with van der Waals surface area (Å²) in [4.78, 5) is 0.406. The van der Waals surface area contributed by atoms with Crippen LogP contribution in [0.3, 0.4) is 0 Å². The Morgan fingerprint density at radius 3 is 2.29 bits per heavy atom. The predicted octanol–water partition coefficient (Wildman–Crippen LogP) is 3.89. The monoisotopic (exact) mass is 401 g/mol. The number of aryl methyl sites for hydroxylation is 2. The highest BCUT2D eigenvalue weighted by atomic mass is 32.2. The minimum absolute atomic E-state index is 0.260. The highest BCUT2D eigenvalue weighted by molar-refractivity contribution is 7.89. The summed E-state index contributed by atoms with van der Waals surface area (Å²) in [5.41, 5.74) is 4.57. The van der Waals surface area contributed by atoms with Gasteiger partial charge in [-0.05, 0) is 85.5 Å². The molecule has 0 saturated carbocycles. The topological polar surface area (TPSA) is 55.8 Å². The minimum Gasteiger partial charge on any atom is -0.493 e. The fraction of sp³-hybridized carbons (Fsp3) is 0.455. The van der Waals surface area contributed by atoms with Gasteiger partial charge in [-0.25, -0.2) is 8.42 Å². The number of sulfonamides is 1. The Morgan fingerprint density at radius 1 is 0.893 bits per heavy atom. The van der Waals surface area contributed by atoms with E-state index in [-0.39, 0.29) is 6.04 Å². The molecule has 1 atom stereocenters. The Balaban J connectivity index is 1.70. The SMILES string of the molecule is COc1cc2c(cc1OC)[C@H](C)N(S(=O)(=O)c1ccc3c(c1)CCCC3)CC2. The lowest BCUT2D eigenvalue weighted by atomic mass is 9.92. The largest absolute Gasteiger partial charge is 0.493 e. The van der Waals surface area contributed by atoms with Crippen molar-refractivity contribution in [2.75, 3.05) is 20.8 Å². The Kier molecular flexibility index (Phi) is 5.10. The molecule has 0 aromatic heterocycles. The number of benzene rings is 2. The first-order valence-corrected chi connectivity index (χ1v) is 11.3. The first-order valence-electron chi connectivity index (χ1n) is 9.84. The molecule has 28 heavy (non-hydrogen) atoms. The second kappa shape index (κ2) is 7.41. The maximum Gasteiger partial charge on any atom is 0.243 e. The van der Waals surface area contributed by atoms with E-state index in [1.54, 1.807) is 24.6 Å². The molecule has 2 aromatic carbocycles. The van der Waals surface area contributed by atoms with Gasteiger partial charge in [-0.15, -0.1) is 0 Å². The van der Waals surface area contributed by atoms with Crippen LogP contribution in [0, 0.1) is 0 Å². The lowest BCUT2D eigenvalue weighted by Crippen LogP contribution is -2.38. The maximum absolute atomic E-state index is 13.4. The molecule has 2 aromatic rings. The zero-order chi connectivity index (χ0) is 19.9. The summed E-state index contributed by atoms with van der Waals surface area (Å²) in [6.07, 6.45) is 4.99. The van der Waals surface area contributed by atoms with Crippen molar-refractivity contribution in [3.05, 3.63) is 52.6 Å². The average molecular weight is 402 g/mol. The van der Waals surface area contributed by atoms with Gasteiger partial charge in [0.15, 0.2) is 11.5 Å². The van der Waals surface area contributed by atoms with Crippen LogP contribution in [0.5, 0.6) is 11.5 Å². The Labute approximate surface area is 167 Å². The average Bonchev–Trinajstić information content (AvgIpc) is 2.72. The molecule has 5 nitrogen and oxygen atoms in total. The summed E-state index contributed by atoms with van der Waals surface area (Å²) < 4.78 is 39.3. The number of fused-ring (bicyclic) bond motifs is 2. The second-order valence-electron chi connectivity index (χ2n) is 7.59. The second-order valence-corrected chi connectivity index (χ2v) is 9.48. The van der Waals surface area contributed by atoms with Crippen molar-refractivity contribution in [3.8, 4) is 11.5 Å². The smallest absolute Gasteiger partial charge is 0.243 e. The predicted molar refractivity (Wildman–Crippen MR) is 109 cm³/mol. The lowest BCUT2D eigenvalue weighted by molar-refractivity contribution is 0.319. The summed E-state index contributed by atoms with van der Waals surface area (Å²) in [7, 11) is -0.350. The van der Waals surface area contributed by atoms with Gasteiger partial charge in [-0.2, -0.15) is 4.31 Å². The van der Waals surface area contributed by atoms with E-state index in [9.17, 15) is 8.42 Å². The van der Waals surface area contributed by atoms with E-state index in [1.165, 1.54) is 17.5 Å². The molecule has 150 valence electrons. The van der Waals surface area contributed by atoms with Gasteiger partial charge < -0.3 is 9.47 Å². The van der Waals surface area contributed by atoms with Crippen LogP contribution in [0.25, 0.3) is 0 Å². The number of ether oxygens (including phenoxy) is 2. The Hall–Kier alpha value is -2.05. The van der Waals surface area contributed by atoms with Gasteiger partial charge in [0.2, 0.25) is 10.0 Å². The molecule has 1 aliphatic carbocycles. The zero-order valence-electron chi connectivity index (χ0n) is 16.7. The van der Waals surface area contributed by atoms with Crippen LogP contribution in [0.4, 0.5) is 0 Å². The van der Waals surface area contributed by atoms with Crippen molar-refractivity contribution in [1.82, 2.24) is 4.31 Å². The quantitative estimate of drug-likeness (QED) is 0.780. The number of rotatable bonds is 4. The first kappa shape index (κ1) is 19.3. The van der Waals surface area contributed by atoms with Crippen LogP contribution in [-0.2, 0) is 29.3 Å². The summed E-state index contributed by atoms with van der Waals surface area (Å²) >= 11 is 0. The molecule has 0 radical (unpaired) electrons. The highest BCUT2D eigenvalue weighted by Gasteiger charge is 2.35. The van der Waals surface area contributed by atoms with Crippen LogP contribution in [0.2, 0.25) is 0 Å². The molecule has 1 aliphatic heterocycles. The summed E-state index contributed by atoms with van der Waals surface area (Å²) in [6, 6.07) is 9.28. The molecule has 0 saturated heterocycles. The molecule has 0 N–H and O–H groups in total. The molecular formula is C22H27NO4S. The van der Waals surface area contributed by atoms with Crippen LogP contribution in [0.1, 0.15) is 48.1 Å². The van der Waals surface area contributed by atoms with Gasteiger partial charge in [0.25, 0.3) is 0 Å². The van der Waals surface area contributed by atoms with Gasteiger partial charge in [0.1, 0.15) is 0 Å². The van der Waals surface area contributed by atoms with Crippen LogP contribution in [0.15, 0.2) is 35.2 Å². The summed E-state index contributed by atoms with van der Waals surface area (Å²) in [5, 5.41) is 0. The Bertz CT molecular complexity index is 1000. The number of methoxy groups -OCH3 is 2. The fourth-order valence-electron chi connectivity index (χ4n) is 4.46. The number of nitrogens with zero attached hydrogens (tertiary/aromatic N) is 1. The zero-order valence-corrected chi connectivity index (χ0v) is 17.5. The molecule has 0 unspecified atom stereocenters. The van der Waals surface area contributed by atoms with Crippen LogP contribution in [-0.4, -0.2) is 33.5 Å². The third-order valence-electron chi connectivity index (χ3n) is 6.06. The van der Waals surface area contributed by atoms with Crippen LogP contribution < -0.4 is 9.47 Å². The van der Waals surface area contributed by atoms with E-state index in [2.05, 4.69) is 0 Å². The van der Waals surface area contributed by atoms with E-state index in [0.717, 1.165) is 30.4 Å². The van der Waals surface area contributed by atoms with Crippen molar-refractivity contribution in [1.29, 1.82) is 0 Å². The third-order valence-corrected chi connectivity index (χ3v) is 8.02. The van der Waals surface area contributed by atoms with E-state index in [0.29, 0.717) is 29.4 Å². The highest BCUT2D eigenvalue weighted by Crippen LogP contribution is 2.40. The maximum atomic E-state index is 13.4. The molecule has 0 spiro atoms. The Morgan fingerprint density at radius 2 is 1.57 bits per heavy atom. The van der Waals surface area contributed by atoms with Crippen molar-refractivity contribution in [3.63, 3.8) is 0 Å². The summed E-state index contributed by atoms with van der Waals surface area (Å²) in [6.45, 7) is 2.41. The van der Waals surface area contributed by atoms with Gasteiger partial charge in [0.05, 0.1) is 19.1 Å². The lowest BCUT2D eigenvalue weighted by Gasteiger charge is -2.35. The van der Waals surface area contributed by atoms with Crippen molar-refractivity contribution >= 4 is 10.0 Å². The number of hydrogen-bond donors (Lipinski definition) is 0. The normalized spacial score (nSPS) is 19.6. The summed E-state index contributed by atoms with van der Waals surface area (Å²) in [5.74, 6) is 1.31. The molecule has 6 heteroatoms.